The highest BCUT2D eigenvalue weighted by Gasteiger charge is 2.40. The third kappa shape index (κ3) is 3.02. The largest absolute Gasteiger partial charge is 0.333 e. The molecule has 22 heavy (non-hydrogen) atoms. The summed E-state index contributed by atoms with van der Waals surface area (Å²) in [4.78, 5) is 15.1. The van der Waals surface area contributed by atoms with E-state index < -0.39 is 0 Å². The second-order valence-corrected chi connectivity index (χ2v) is 6.78. The van der Waals surface area contributed by atoms with Crippen molar-refractivity contribution in [2.24, 2.45) is 0 Å². The average Bonchev–Trinajstić information content (AvgIpc) is 3.02. The van der Waals surface area contributed by atoms with E-state index in [9.17, 15) is 4.79 Å². The Balaban J connectivity index is 0.00000144. The Hall–Kier alpha value is -1.06. The summed E-state index contributed by atoms with van der Waals surface area (Å²) in [5.41, 5.74) is 2.84. The lowest BCUT2D eigenvalue weighted by molar-refractivity contribution is -0.134. The first-order valence-corrected chi connectivity index (χ1v) is 8.45. The van der Waals surface area contributed by atoms with E-state index >= 15 is 0 Å². The molecule has 1 aliphatic heterocycles. The Morgan fingerprint density at radius 1 is 1.18 bits per heavy atom. The monoisotopic (exact) mass is 320 g/mol. The van der Waals surface area contributed by atoms with E-state index in [0.717, 1.165) is 25.8 Å². The minimum absolute atomic E-state index is 0. The van der Waals surface area contributed by atoms with Crippen molar-refractivity contribution < 1.29 is 4.79 Å². The molecule has 1 amide bonds. The van der Waals surface area contributed by atoms with Crippen molar-refractivity contribution >= 4 is 18.3 Å². The standard InChI is InChI=1S/C18H24N2O.ClH/c21-18(12-14-5-3-11-19-14)20(15-8-9-15)17-10-7-13-4-1-2-6-16(13)17;/h1-2,4,6,14-15,17,19H,3,5,7-12H2;1H. The van der Waals surface area contributed by atoms with Crippen LogP contribution >= 0.6 is 12.4 Å². The maximum atomic E-state index is 12.9. The van der Waals surface area contributed by atoms with Crippen molar-refractivity contribution in [3.05, 3.63) is 35.4 Å². The first kappa shape index (κ1) is 15.8. The fraction of sp³-hybridized carbons (Fsp3) is 0.611. The van der Waals surface area contributed by atoms with Gasteiger partial charge in [-0.1, -0.05) is 24.3 Å². The summed E-state index contributed by atoms with van der Waals surface area (Å²) in [5.74, 6) is 0.374. The molecule has 2 unspecified atom stereocenters. The highest BCUT2D eigenvalue weighted by Crippen LogP contribution is 2.42. The van der Waals surface area contributed by atoms with Crippen molar-refractivity contribution in [3.8, 4) is 0 Å². The summed E-state index contributed by atoms with van der Waals surface area (Å²) in [6.07, 6.45) is 7.69. The Morgan fingerprint density at radius 3 is 2.73 bits per heavy atom. The minimum Gasteiger partial charge on any atom is -0.333 e. The maximum Gasteiger partial charge on any atom is 0.224 e. The van der Waals surface area contributed by atoms with Crippen molar-refractivity contribution in [3.63, 3.8) is 0 Å². The zero-order valence-corrected chi connectivity index (χ0v) is 13.8. The molecule has 0 spiro atoms. The fourth-order valence-corrected chi connectivity index (χ4v) is 4.06. The van der Waals surface area contributed by atoms with Gasteiger partial charge in [-0.25, -0.2) is 0 Å². The molecule has 4 rings (SSSR count). The van der Waals surface area contributed by atoms with Crippen LogP contribution in [0.15, 0.2) is 24.3 Å². The molecule has 2 atom stereocenters. The van der Waals surface area contributed by atoms with Crippen LogP contribution in [0.3, 0.4) is 0 Å². The first-order valence-electron chi connectivity index (χ1n) is 8.45. The molecule has 1 saturated carbocycles. The molecule has 0 aromatic heterocycles. The molecule has 2 aliphatic carbocycles. The minimum atomic E-state index is 0. The predicted molar refractivity (Wildman–Crippen MR) is 90.3 cm³/mol. The van der Waals surface area contributed by atoms with Gasteiger partial charge in [-0.3, -0.25) is 4.79 Å². The number of nitrogens with one attached hydrogen (secondary N) is 1. The van der Waals surface area contributed by atoms with Gasteiger partial charge in [0.2, 0.25) is 5.91 Å². The van der Waals surface area contributed by atoms with Crippen LogP contribution in [0.25, 0.3) is 0 Å². The molecule has 3 nitrogen and oxygen atoms in total. The predicted octanol–water partition coefficient (Wildman–Crippen LogP) is 3.23. The van der Waals surface area contributed by atoms with Crippen LogP contribution in [-0.4, -0.2) is 29.4 Å². The summed E-state index contributed by atoms with van der Waals surface area (Å²) in [6.45, 7) is 1.08. The number of fused-ring (bicyclic) bond motifs is 1. The molecule has 0 bridgehead atoms. The lowest BCUT2D eigenvalue weighted by Crippen LogP contribution is -2.39. The summed E-state index contributed by atoms with van der Waals surface area (Å²) in [6, 6.07) is 9.94. The highest BCUT2D eigenvalue weighted by molar-refractivity contribution is 5.85. The molecule has 4 heteroatoms. The molecule has 1 saturated heterocycles. The van der Waals surface area contributed by atoms with Crippen LogP contribution in [0, 0.1) is 0 Å². The molecule has 1 aromatic rings. The quantitative estimate of drug-likeness (QED) is 0.923. The SMILES string of the molecule is Cl.O=C(CC1CCCN1)N(C1CC1)C1CCc2ccccc21. The Kier molecular flexibility index (Phi) is 4.74. The van der Waals surface area contributed by atoms with Gasteiger partial charge in [-0.05, 0) is 56.2 Å². The highest BCUT2D eigenvalue weighted by atomic mass is 35.5. The number of amides is 1. The van der Waals surface area contributed by atoms with Crippen molar-refractivity contribution in [1.29, 1.82) is 0 Å². The zero-order chi connectivity index (χ0) is 14.2. The number of hydrogen-bond acceptors (Lipinski definition) is 2. The molecule has 0 radical (unpaired) electrons. The van der Waals surface area contributed by atoms with Crippen molar-refractivity contribution in [2.45, 2.75) is 63.1 Å². The van der Waals surface area contributed by atoms with Gasteiger partial charge in [0.25, 0.3) is 0 Å². The molecular weight excluding hydrogens is 296 g/mol. The molecular formula is C18H25ClN2O. The van der Waals surface area contributed by atoms with Gasteiger partial charge in [0, 0.05) is 18.5 Å². The molecule has 3 aliphatic rings. The van der Waals surface area contributed by atoms with Crippen LogP contribution in [0.2, 0.25) is 0 Å². The van der Waals surface area contributed by atoms with E-state index in [0.29, 0.717) is 30.5 Å². The normalized spacial score (nSPS) is 26.4. The van der Waals surface area contributed by atoms with Crippen LogP contribution in [-0.2, 0) is 11.2 Å². The lowest BCUT2D eigenvalue weighted by Gasteiger charge is -2.31. The summed E-state index contributed by atoms with van der Waals surface area (Å²) in [7, 11) is 0. The first-order chi connectivity index (χ1) is 10.3. The van der Waals surface area contributed by atoms with E-state index in [2.05, 4.69) is 34.5 Å². The number of aryl methyl sites for hydroxylation is 1. The van der Waals surface area contributed by atoms with E-state index in [1.54, 1.807) is 0 Å². The average molecular weight is 321 g/mol. The summed E-state index contributed by atoms with van der Waals surface area (Å²) in [5, 5.41) is 3.46. The topological polar surface area (TPSA) is 32.3 Å². The van der Waals surface area contributed by atoms with E-state index in [1.807, 2.05) is 0 Å². The molecule has 1 heterocycles. The smallest absolute Gasteiger partial charge is 0.224 e. The van der Waals surface area contributed by atoms with Gasteiger partial charge in [-0.2, -0.15) is 0 Å². The number of rotatable bonds is 4. The Morgan fingerprint density at radius 2 is 2.00 bits per heavy atom. The van der Waals surface area contributed by atoms with E-state index in [-0.39, 0.29) is 12.4 Å². The van der Waals surface area contributed by atoms with E-state index in [4.69, 9.17) is 0 Å². The second-order valence-electron chi connectivity index (χ2n) is 6.78. The number of carbonyl (C=O) groups excluding carboxylic acids is 1. The van der Waals surface area contributed by atoms with Gasteiger partial charge in [0.1, 0.15) is 0 Å². The van der Waals surface area contributed by atoms with Gasteiger partial charge < -0.3 is 10.2 Å². The molecule has 120 valence electrons. The van der Waals surface area contributed by atoms with Crippen molar-refractivity contribution in [2.75, 3.05) is 6.54 Å². The van der Waals surface area contributed by atoms with Crippen LogP contribution in [0.5, 0.6) is 0 Å². The Labute approximate surface area is 138 Å². The van der Waals surface area contributed by atoms with Crippen LogP contribution < -0.4 is 5.32 Å². The van der Waals surface area contributed by atoms with Crippen LogP contribution in [0.4, 0.5) is 0 Å². The van der Waals surface area contributed by atoms with Gasteiger partial charge in [0.15, 0.2) is 0 Å². The Bertz CT molecular complexity index is 538. The zero-order valence-electron chi connectivity index (χ0n) is 13.0. The third-order valence-electron chi connectivity index (χ3n) is 5.25. The second kappa shape index (κ2) is 6.59. The summed E-state index contributed by atoms with van der Waals surface area (Å²) >= 11 is 0. The number of hydrogen-bond donors (Lipinski definition) is 1. The number of halogens is 1. The summed E-state index contributed by atoms with van der Waals surface area (Å²) < 4.78 is 0. The van der Waals surface area contributed by atoms with Crippen LogP contribution in [0.1, 0.15) is 55.7 Å². The number of carbonyl (C=O) groups is 1. The maximum absolute atomic E-state index is 12.9. The van der Waals surface area contributed by atoms with E-state index in [1.165, 1.54) is 30.4 Å². The number of nitrogens with zero attached hydrogens (tertiary/aromatic N) is 1. The lowest BCUT2D eigenvalue weighted by atomic mass is 10.0. The van der Waals surface area contributed by atoms with Crippen molar-refractivity contribution in [1.82, 2.24) is 10.2 Å². The van der Waals surface area contributed by atoms with Gasteiger partial charge in [0.05, 0.1) is 6.04 Å². The van der Waals surface area contributed by atoms with Gasteiger partial charge >= 0.3 is 0 Å². The third-order valence-corrected chi connectivity index (χ3v) is 5.25. The molecule has 1 aromatic carbocycles. The molecule has 1 N–H and O–H groups in total. The number of benzene rings is 1. The molecule has 2 fully saturated rings. The van der Waals surface area contributed by atoms with Gasteiger partial charge in [-0.15, -0.1) is 12.4 Å². The fourth-order valence-electron chi connectivity index (χ4n) is 4.06.